The molecule has 0 spiro atoms. The van der Waals surface area contributed by atoms with Crippen molar-refractivity contribution >= 4 is 0 Å². The van der Waals surface area contributed by atoms with E-state index in [9.17, 15) is 0 Å². The number of likely N-dealkylation sites (tertiary alicyclic amines) is 1. The van der Waals surface area contributed by atoms with E-state index < -0.39 is 0 Å². The molecule has 3 nitrogen and oxygen atoms in total. The molecule has 0 amide bonds. The Kier molecular flexibility index (Phi) is 5.06. The van der Waals surface area contributed by atoms with Crippen LogP contribution in [0.3, 0.4) is 0 Å². The summed E-state index contributed by atoms with van der Waals surface area (Å²) in [6.07, 6.45) is 5.81. The summed E-state index contributed by atoms with van der Waals surface area (Å²) in [6.45, 7) is 12.1. The molecule has 0 aliphatic carbocycles. The zero-order chi connectivity index (χ0) is 13.7. The van der Waals surface area contributed by atoms with Crippen LogP contribution in [-0.2, 0) is 13.1 Å². The highest BCUT2D eigenvalue weighted by atomic mass is 16.3. The maximum atomic E-state index is 5.66. The fourth-order valence-corrected chi connectivity index (χ4v) is 2.70. The van der Waals surface area contributed by atoms with Gasteiger partial charge in [-0.3, -0.25) is 4.90 Å². The first kappa shape index (κ1) is 14.6. The minimum atomic E-state index is 0.565. The van der Waals surface area contributed by atoms with Crippen molar-refractivity contribution in [2.24, 2.45) is 5.41 Å². The van der Waals surface area contributed by atoms with E-state index in [0.29, 0.717) is 5.41 Å². The van der Waals surface area contributed by atoms with Crippen LogP contribution in [0.5, 0.6) is 0 Å². The van der Waals surface area contributed by atoms with Crippen LogP contribution in [0.2, 0.25) is 0 Å². The molecule has 1 aliphatic rings. The average molecular weight is 264 g/mol. The Morgan fingerprint density at radius 1 is 1.32 bits per heavy atom. The highest BCUT2D eigenvalue weighted by Crippen LogP contribution is 2.34. The van der Waals surface area contributed by atoms with E-state index in [1.54, 1.807) is 0 Å². The maximum absolute atomic E-state index is 5.66. The highest BCUT2D eigenvalue weighted by molar-refractivity contribution is 5.12. The molecule has 0 radical (unpaired) electrons. The van der Waals surface area contributed by atoms with Crippen LogP contribution >= 0.6 is 0 Å². The van der Waals surface area contributed by atoms with Gasteiger partial charge < -0.3 is 9.73 Å². The molecule has 0 atom stereocenters. The van der Waals surface area contributed by atoms with Gasteiger partial charge in [-0.1, -0.05) is 27.2 Å². The number of nitrogens with zero attached hydrogens (tertiary/aromatic N) is 1. The zero-order valence-corrected chi connectivity index (χ0v) is 12.7. The summed E-state index contributed by atoms with van der Waals surface area (Å²) in [5, 5.41) is 3.33. The second-order valence-electron chi connectivity index (χ2n) is 6.14. The lowest BCUT2D eigenvalue weighted by molar-refractivity contribution is 0.104. The second-order valence-corrected chi connectivity index (χ2v) is 6.14. The van der Waals surface area contributed by atoms with Crippen molar-refractivity contribution in [2.75, 3.05) is 19.6 Å². The van der Waals surface area contributed by atoms with Gasteiger partial charge in [-0.05, 0) is 44.0 Å². The van der Waals surface area contributed by atoms with Crippen molar-refractivity contribution in [1.82, 2.24) is 10.2 Å². The molecule has 108 valence electrons. The number of hydrogen-bond donors (Lipinski definition) is 1. The third-order valence-corrected chi connectivity index (χ3v) is 4.58. The predicted molar refractivity (Wildman–Crippen MR) is 79.0 cm³/mol. The third-order valence-electron chi connectivity index (χ3n) is 4.58. The Hall–Kier alpha value is -0.800. The third kappa shape index (κ3) is 4.08. The first-order chi connectivity index (χ1) is 9.15. The fraction of sp³-hybridized carbons (Fsp3) is 0.750. The van der Waals surface area contributed by atoms with Gasteiger partial charge in [0.2, 0.25) is 0 Å². The number of furan rings is 1. The molecule has 1 saturated heterocycles. The standard InChI is InChI=1S/C16H28N2O/c1-4-16(3)6-8-18(9-7-16)12-15-10-14(13-19-15)11-17-5-2/h10,13,17H,4-9,11-12H2,1-3H3. The predicted octanol–water partition coefficient (Wildman–Crippen LogP) is 3.40. The number of hydrogen-bond acceptors (Lipinski definition) is 3. The molecular weight excluding hydrogens is 236 g/mol. The van der Waals surface area contributed by atoms with Gasteiger partial charge >= 0.3 is 0 Å². The Labute approximate surface area is 117 Å². The van der Waals surface area contributed by atoms with E-state index in [-0.39, 0.29) is 0 Å². The van der Waals surface area contributed by atoms with Crippen molar-refractivity contribution < 1.29 is 4.42 Å². The molecule has 1 N–H and O–H groups in total. The van der Waals surface area contributed by atoms with Crippen molar-refractivity contribution in [3.05, 3.63) is 23.7 Å². The van der Waals surface area contributed by atoms with Gasteiger partial charge in [0, 0.05) is 12.1 Å². The smallest absolute Gasteiger partial charge is 0.118 e. The number of nitrogens with one attached hydrogen (secondary N) is 1. The van der Waals surface area contributed by atoms with Crippen LogP contribution in [0.4, 0.5) is 0 Å². The molecule has 2 heterocycles. The van der Waals surface area contributed by atoms with Crippen molar-refractivity contribution in [3.8, 4) is 0 Å². The fourth-order valence-electron chi connectivity index (χ4n) is 2.70. The molecule has 1 aliphatic heterocycles. The Morgan fingerprint density at radius 2 is 2.05 bits per heavy atom. The van der Waals surface area contributed by atoms with E-state index in [2.05, 4.69) is 37.1 Å². The lowest BCUT2D eigenvalue weighted by atomic mass is 9.78. The molecule has 0 saturated carbocycles. The highest BCUT2D eigenvalue weighted by Gasteiger charge is 2.28. The van der Waals surface area contributed by atoms with Gasteiger partial charge in [0.15, 0.2) is 0 Å². The van der Waals surface area contributed by atoms with E-state index in [4.69, 9.17) is 4.42 Å². The monoisotopic (exact) mass is 264 g/mol. The largest absolute Gasteiger partial charge is 0.468 e. The first-order valence-electron chi connectivity index (χ1n) is 7.64. The number of piperidine rings is 1. The van der Waals surface area contributed by atoms with E-state index in [1.807, 2.05) is 6.26 Å². The SMILES string of the molecule is CCNCc1coc(CN2CCC(C)(CC)CC2)c1. The summed E-state index contributed by atoms with van der Waals surface area (Å²) >= 11 is 0. The zero-order valence-electron chi connectivity index (χ0n) is 12.7. The van der Waals surface area contributed by atoms with Gasteiger partial charge in [-0.25, -0.2) is 0 Å². The van der Waals surface area contributed by atoms with E-state index >= 15 is 0 Å². The summed E-state index contributed by atoms with van der Waals surface area (Å²) < 4.78 is 5.66. The molecule has 0 bridgehead atoms. The molecule has 19 heavy (non-hydrogen) atoms. The van der Waals surface area contributed by atoms with E-state index in [1.165, 1.54) is 37.9 Å². The molecule has 1 aromatic rings. The minimum absolute atomic E-state index is 0.565. The van der Waals surface area contributed by atoms with Crippen LogP contribution in [-0.4, -0.2) is 24.5 Å². The molecule has 0 unspecified atom stereocenters. The first-order valence-corrected chi connectivity index (χ1v) is 7.64. The molecule has 3 heteroatoms. The summed E-state index contributed by atoms with van der Waals surface area (Å²) in [6, 6.07) is 2.19. The van der Waals surface area contributed by atoms with Crippen LogP contribution in [0, 0.1) is 5.41 Å². The van der Waals surface area contributed by atoms with E-state index in [0.717, 1.165) is 25.4 Å². The Bertz CT molecular complexity index is 378. The van der Waals surface area contributed by atoms with Gasteiger partial charge in [-0.2, -0.15) is 0 Å². The lowest BCUT2D eigenvalue weighted by Gasteiger charge is -2.38. The Balaban J connectivity index is 1.80. The van der Waals surface area contributed by atoms with Crippen LogP contribution < -0.4 is 5.32 Å². The summed E-state index contributed by atoms with van der Waals surface area (Å²) in [4.78, 5) is 2.52. The molecular formula is C16H28N2O. The van der Waals surface area contributed by atoms with Crippen LogP contribution in [0.15, 0.2) is 16.7 Å². The Morgan fingerprint density at radius 3 is 2.68 bits per heavy atom. The van der Waals surface area contributed by atoms with Gasteiger partial charge in [0.25, 0.3) is 0 Å². The van der Waals surface area contributed by atoms with Crippen molar-refractivity contribution in [1.29, 1.82) is 0 Å². The van der Waals surface area contributed by atoms with Crippen molar-refractivity contribution in [2.45, 2.75) is 53.1 Å². The van der Waals surface area contributed by atoms with Crippen LogP contribution in [0.1, 0.15) is 51.4 Å². The summed E-state index contributed by atoms with van der Waals surface area (Å²) in [7, 11) is 0. The average Bonchev–Trinajstić information content (AvgIpc) is 2.87. The minimum Gasteiger partial charge on any atom is -0.468 e. The molecule has 2 rings (SSSR count). The van der Waals surface area contributed by atoms with Gasteiger partial charge in [0.1, 0.15) is 5.76 Å². The second kappa shape index (κ2) is 6.58. The van der Waals surface area contributed by atoms with Gasteiger partial charge in [-0.15, -0.1) is 0 Å². The number of rotatable bonds is 6. The lowest BCUT2D eigenvalue weighted by Crippen LogP contribution is -2.37. The summed E-state index contributed by atoms with van der Waals surface area (Å²) in [5.41, 5.74) is 1.82. The molecule has 1 fully saturated rings. The quantitative estimate of drug-likeness (QED) is 0.853. The van der Waals surface area contributed by atoms with Gasteiger partial charge in [0.05, 0.1) is 12.8 Å². The normalized spacial score (nSPS) is 19.7. The summed E-state index contributed by atoms with van der Waals surface area (Å²) in [5.74, 6) is 1.10. The molecule has 1 aromatic heterocycles. The molecule has 0 aromatic carbocycles. The maximum Gasteiger partial charge on any atom is 0.118 e. The van der Waals surface area contributed by atoms with Crippen molar-refractivity contribution in [3.63, 3.8) is 0 Å². The van der Waals surface area contributed by atoms with Crippen LogP contribution in [0.25, 0.3) is 0 Å². The topological polar surface area (TPSA) is 28.4 Å².